The average molecular weight is 355 g/mol. The van der Waals surface area contributed by atoms with Gasteiger partial charge in [0.05, 0.1) is 5.60 Å². The van der Waals surface area contributed by atoms with Crippen molar-refractivity contribution >= 4 is 11.8 Å². The molecule has 1 aliphatic rings. The van der Waals surface area contributed by atoms with Crippen LogP contribution in [0, 0.1) is 11.8 Å². The first kappa shape index (κ1) is 22.1. The van der Waals surface area contributed by atoms with Crippen molar-refractivity contribution in [1.82, 2.24) is 0 Å². The highest BCUT2D eigenvalue weighted by atomic mass is 16.4. The number of aliphatic hydroxyl groups is 1. The molecule has 1 rings (SSSR count). The van der Waals surface area contributed by atoms with E-state index in [0.717, 1.165) is 64.2 Å². The van der Waals surface area contributed by atoms with Crippen LogP contribution in [0.5, 0.6) is 0 Å². The molecule has 0 aliphatic heterocycles. The van der Waals surface area contributed by atoms with Crippen LogP contribution in [-0.2, 0) is 9.59 Å². The van der Waals surface area contributed by atoms with Crippen LogP contribution in [0.3, 0.4) is 0 Å². The maximum atomic E-state index is 12.2. The average Bonchev–Trinajstić information content (AvgIpc) is 2.89. The standard InChI is InChI=1S/C21H38O4/c1-3-4-9-15-21(2,25)16-14-17-12-13-19(22)18(17)10-7-5-6-8-11-20(23)24/h17-18,25H,3-16H2,1-2H3,(H,23,24)/t17-,18-,21-/m1/s1. The Kier molecular flexibility index (Phi) is 10.3. The van der Waals surface area contributed by atoms with E-state index in [-0.39, 0.29) is 12.3 Å². The van der Waals surface area contributed by atoms with Gasteiger partial charge in [-0.3, -0.25) is 9.59 Å². The highest BCUT2D eigenvalue weighted by Gasteiger charge is 2.35. The van der Waals surface area contributed by atoms with Crippen LogP contribution < -0.4 is 0 Å². The molecule has 1 fully saturated rings. The molecule has 4 heteroatoms. The summed E-state index contributed by atoms with van der Waals surface area (Å²) in [5.74, 6) is 0.285. The largest absolute Gasteiger partial charge is 0.481 e. The molecule has 0 bridgehead atoms. The molecule has 0 saturated heterocycles. The van der Waals surface area contributed by atoms with E-state index < -0.39 is 11.6 Å². The fourth-order valence-corrected chi connectivity index (χ4v) is 4.09. The molecule has 0 amide bonds. The number of ketones is 1. The predicted octanol–water partition coefficient (Wildman–Crippen LogP) is 5.12. The normalized spacial score (nSPS) is 22.9. The summed E-state index contributed by atoms with van der Waals surface area (Å²) in [6, 6.07) is 0. The number of hydrogen-bond acceptors (Lipinski definition) is 3. The zero-order chi connectivity index (χ0) is 18.7. The summed E-state index contributed by atoms with van der Waals surface area (Å²) in [7, 11) is 0. The number of carbonyl (C=O) groups is 2. The van der Waals surface area contributed by atoms with E-state index in [1.807, 2.05) is 6.92 Å². The van der Waals surface area contributed by atoms with Gasteiger partial charge in [0.2, 0.25) is 0 Å². The van der Waals surface area contributed by atoms with Crippen molar-refractivity contribution in [3.05, 3.63) is 0 Å². The lowest BCUT2D eigenvalue weighted by molar-refractivity contribution is -0.137. The Morgan fingerprint density at radius 2 is 1.80 bits per heavy atom. The maximum Gasteiger partial charge on any atom is 0.303 e. The van der Waals surface area contributed by atoms with Crippen molar-refractivity contribution < 1.29 is 19.8 Å². The number of rotatable bonds is 14. The van der Waals surface area contributed by atoms with Crippen LogP contribution in [-0.4, -0.2) is 27.6 Å². The Morgan fingerprint density at radius 1 is 1.08 bits per heavy atom. The molecule has 2 N–H and O–H groups in total. The smallest absolute Gasteiger partial charge is 0.303 e. The van der Waals surface area contributed by atoms with Crippen molar-refractivity contribution in [2.45, 2.75) is 109 Å². The molecule has 4 nitrogen and oxygen atoms in total. The minimum atomic E-state index is -0.725. The second-order valence-corrected chi connectivity index (χ2v) is 8.21. The molecule has 0 radical (unpaired) electrons. The van der Waals surface area contributed by atoms with Gasteiger partial charge in [0.15, 0.2) is 0 Å². The minimum Gasteiger partial charge on any atom is -0.481 e. The quantitative estimate of drug-likeness (QED) is 0.425. The van der Waals surface area contributed by atoms with Gasteiger partial charge in [-0.1, -0.05) is 45.4 Å². The third-order valence-corrected chi connectivity index (χ3v) is 5.77. The van der Waals surface area contributed by atoms with E-state index in [9.17, 15) is 14.7 Å². The molecule has 0 aromatic heterocycles. The van der Waals surface area contributed by atoms with Gasteiger partial charge in [-0.05, 0) is 51.4 Å². The Labute approximate surface area is 153 Å². The van der Waals surface area contributed by atoms with Crippen molar-refractivity contribution in [3.8, 4) is 0 Å². The summed E-state index contributed by atoms with van der Waals surface area (Å²) in [5, 5.41) is 19.2. The van der Waals surface area contributed by atoms with Gasteiger partial charge in [0.25, 0.3) is 0 Å². The molecule has 1 aliphatic carbocycles. The number of aliphatic carboxylic acids is 1. The molecule has 146 valence electrons. The van der Waals surface area contributed by atoms with Crippen LogP contribution in [0.25, 0.3) is 0 Å². The summed E-state index contributed by atoms with van der Waals surface area (Å²) >= 11 is 0. The fourth-order valence-electron chi connectivity index (χ4n) is 4.09. The van der Waals surface area contributed by atoms with Gasteiger partial charge in [-0.2, -0.15) is 0 Å². The number of carboxylic acid groups (broad SMARTS) is 1. The lowest BCUT2D eigenvalue weighted by atomic mass is 9.83. The van der Waals surface area contributed by atoms with E-state index in [1.54, 1.807) is 0 Å². The zero-order valence-electron chi connectivity index (χ0n) is 16.3. The summed E-state index contributed by atoms with van der Waals surface area (Å²) in [6.07, 6.45) is 12.6. The first-order valence-electron chi connectivity index (χ1n) is 10.3. The second-order valence-electron chi connectivity index (χ2n) is 8.21. The zero-order valence-corrected chi connectivity index (χ0v) is 16.3. The van der Waals surface area contributed by atoms with Crippen molar-refractivity contribution in [1.29, 1.82) is 0 Å². The van der Waals surface area contributed by atoms with Gasteiger partial charge < -0.3 is 10.2 Å². The molecule has 25 heavy (non-hydrogen) atoms. The van der Waals surface area contributed by atoms with E-state index >= 15 is 0 Å². The molecule has 1 saturated carbocycles. The van der Waals surface area contributed by atoms with Crippen LogP contribution in [0.4, 0.5) is 0 Å². The highest BCUT2D eigenvalue weighted by molar-refractivity contribution is 5.83. The first-order valence-corrected chi connectivity index (χ1v) is 10.3. The van der Waals surface area contributed by atoms with Gasteiger partial charge in [0.1, 0.15) is 5.78 Å². The van der Waals surface area contributed by atoms with Gasteiger partial charge in [-0.15, -0.1) is 0 Å². The number of Topliss-reactive ketones (excluding diaryl/α,β-unsaturated/α-hetero) is 1. The summed E-state index contributed by atoms with van der Waals surface area (Å²) < 4.78 is 0. The van der Waals surface area contributed by atoms with Crippen molar-refractivity contribution in [3.63, 3.8) is 0 Å². The molecule has 0 heterocycles. The van der Waals surface area contributed by atoms with Crippen LogP contribution in [0.2, 0.25) is 0 Å². The number of carbonyl (C=O) groups excluding carboxylic acids is 1. The fraction of sp³-hybridized carbons (Fsp3) is 0.905. The number of carboxylic acids is 1. The molecule has 0 aromatic carbocycles. The summed E-state index contributed by atoms with van der Waals surface area (Å²) in [4.78, 5) is 22.7. The summed E-state index contributed by atoms with van der Waals surface area (Å²) in [5.41, 5.74) is -0.595. The van der Waals surface area contributed by atoms with Crippen LogP contribution in [0.15, 0.2) is 0 Å². The Hall–Kier alpha value is -0.900. The second kappa shape index (κ2) is 11.7. The summed E-state index contributed by atoms with van der Waals surface area (Å²) in [6.45, 7) is 4.11. The Balaban J connectivity index is 2.28. The monoisotopic (exact) mass is 354 g/mol. The van der Waals surface area contributed by atoms with Gasteiger partial charge >= 0.3 is 5.97 Å². The SMILES string of the molecule is CCCCC[C@@](C)(O)CC[C@H]1CCC(=O)[C@@H]1CCCCCCC(=O)O. The van der Waals surface area contributed by atoms with E-state index in [2.05, 4.69) is 6.92 Å². The van der Waals surface area contributed by atoms with E-state index in [1.165, 1.54) is 12.8 Å². The van der Waals surface area contributed by atoms with Gasteiger partial charge in [-0.25, -0.2) is 0 Å². The molecule has 0 unspecified atom stereocenters. The number of unbranched alkanes of at least 4 members (excludes halogenated alkanes) is 5. The number of hydrogen-bond donors (Lipinski definition) is 2. The maximum absolute atomic E-state index is 12.2. The lowest BCUT2D eigenvalue weighted by Gasteiger charge is -2.26. The third kappa shape index (κ3) is 9.39. The molecule has 0 spiro atoms. The molecule has 3 atom stereocenters. The Bertz CT molecular complexity index is 403. The topological polar surface area (TPSA) is 74.6 Å². The minimum absolute atomic E-state index is 0.172. The molecular formula is C21H38O4. The van der Waals surface area contributed by atoms with Crippen LogP contribution in [0.1, 0.15) is 104 Å². The molecular weight excluding hydrogens is 316 g/mol. The highest BCUT2D eigenvalue weighted by Crippen LogP contribution is 2.37. The van der Waals surface area contributed by atoms with Crippen LogP contribution >= 0.6 is 0 Å². The first-order chi connectivity index (χ1) is 11.9. The Morgan fingerprint density at radius 3 is 2.48 bits per heavy atom. The predicted molar refractivity (Wildman–Crippen MR) is 101 cm³/mol. The van der Waals surface area contributed by atoms with E-state index in [0.29, 0.717) is 18.1 Å². The lowest BCUT2D eigenvalue weighted by Crippen LogP contribution is -2.26. The van der Waals surface area contributed by atoms with Crippen molar-refractivity contribution in [2.75, 3.05) is 0 Å². The van der Waals surface area contributed by atoms with Crippen molar-refractivity contribution in [2.24, 2.45) is 11.8 Å². The molecule has 0 aromatic rings. The van der Waals surface area contributed by atoms with Gasteiger partial charge in [0, 0.05) is 18.8 Å². The third-order valence-electron chi connectivity index (χ3n) is 5.77. The van der Waals surface area contributed by atoms with E-state index in [4.69, 9.17) is 5.11 Å².